The summed E-state index contributed by atoms with van der Waals surface area (Å²) in [4.78, 5) is 27.6. The van der Waals surface area contributed by atoms with E-state index < -0.39 is 17.7 Å². The molecule has 0 aromatic heterocycles. The summed E-state index contributed by atoms with van der Waals surface area (Å²) in [5.41, 5.74) is 1.36. The fraction of sp³-hybridized carbons (Fsp3) is 0.448. The van der Waals surface area contributed by atoms with E-state index in [0.29, 0.717) is 31.1 Å². The number of carbonyl (C=O) groups excluding carboxylic acids is 2. The normalized spacial score (nSPS) is 17.1. The summed E-state index contributed by atoms with van der Waals surface area (Å²) in [6.07, 6.45) is 5.79. The fourth-order valence-electron chi connectivity index (χ4n) is 4.16. The number of hydrogen-bond acceptors (Lipinski definition) is 5. The van der Waals surface area contributed by atoms with E-state index in [0.717, 1.165) is 49.8 Å². The van der Waals surface area contributed by atoms with Crippen molar-refractivity contribution in [2.24, 2.45) is 0 Å². The Balaban J connectivity index is 1.93. The van der Waals surface area contributed by atoms with Crippen LogP contribution in [-0.2, 0) is 9.59 Å². The van der Waals surface area contributed by atoms with Gasteiger partial charge < -0.3 is 19.5 Å². The monoisotopic (exact) mass is 479 g/mol. The lowest BCUT2D eigenvalue weighted by molar-refractivity contribution is -0.139. The van der Waals surface area contributed by atoms with Crippen LogP contribution in [0, 0.1) is 0 Å². The van der Waals surface area contributed by atoms with Crippen molar-refractivity contribution in [2.75, 3.05) is 19.8 Å². The van der Waals surface area contributed by atoms with Gasteiger partial charge in [0.2, 0.25) is 0 Å². The average molecular weight is 480 g/mol. The molecular weight excluding hydrogens is 442 g/mol. The van der Waals surface area contributed by atoms with Gasteiger partial charge in [0.1, 0.15) is 17.3 Å². The molecule has 6 nitrogen and oxygen atoms in total. The molecular formula is C29H37NO5. The number of Topliss-reactive ketones (excluding diaryl/α,β-unsaturated/α-hetero) is 1. The highest BCUT2D eigenvalue weighted by molar-refractivity contribution is 6.46. The van der Waals surface area contributed by atoms with E-state index in [9.17, 15) is 14.7 Å². The van der Waals surface area contributed by atoms with Crippen molar-refractivity contribution < 1.29 is 24.2 Å². The minimum absolute atomic E-state index is 0.116. The topological polar surface area (TPSA) is 76.1 Å². The highest BCUT2D eigenvalue weighted by Gasteiger charge is 2.45. The molecule has 1 fully saturated rings. The van der Waals surface area contributed by atoms with Gasteiger partial charge in [0, 0.05) is 12.1 Å². The largest absolute Gasteiger partial charge is 0.507 e. The number of rotatable bonds is 13. The van der Waals surface area contributed by atoms with Gasteiger partial charge in [-0.3, -0.25) is 9.59 Å². The number of amides is 1. The van der Waals surface area contributed by atoms with Crippen LogP contribution in [0.15, 0.2) is 54.1 Å². The summed E-state index contributed by atoms with van der Waals surface area (Å²) in [7, 11) is 0. The summed E-state index contributed by atoms with van der Waals surface area (Å²) in [5.74, 6) is 0.0362. The van der Waals surface area contributed by atoms with Gasteiger partial charge in [-0.2, -0.15) is 0 Å². The SMILES string of the molecule is CCCCCOc1ccc(/C(O)=C2\C(=O)C(=O)N(CCCC)C2c2ccc(OCCC)cc2)cc1. The van der Waals surface area contributed by atoms with Gasteiger partial charge in [-0.05, 0) is 61.2 Å². The molecule has 1 saturated heterocycles. The molecule has 3 rings (SSSR count). The summed E-state index contributed by atoms with van der Waals surface area (Å²) in [5, 5.41) is 11.2. The maximum atomic E-state index is 13.1. The molecule has 0 saturated carbocycles. The molecule has 0 aliphatic carbocycles. The fourth-order valence-corrected chi connectivity index (χ4v) is 4.16. The van der Waals surface area contributed by atoms with Crippen molar-refractivity contribution in [2.45, 2.75) is 65.3 Å². The zero-order chi connectivity index (χ0) is 25.2. The number of ketones is 1. The molecule has 188 valence electrons. The Bertz CT molecular complexity index is 1010. The highest BCUT2D eigenvalue weighted by Crippen LogP contribution is 2.40. The van der Waals surface area contributed by atoms with Crippen LogP contribution in [0.5, 0.6) is 11.5 Å². The summed E-state index contributed by atoms with van der Waals surface area (Å²) in [6.45, 7) is 7.93. The lowest BCUT2D eigenvalue weighted by atomic mass is 9.95. The van der Waals surface area contributed by atoms with E-state index in [2.05, 4.69) is 6.92 Å². The third-order valence-corrected chi connectivity index (χ3v) is 6.11. The molecule has 2 aromatic carbocycles. The van der Waals surface area contributed by atoms with Crippen LogP contribution < -0.4 is 9.47 Å². The number of carbonyl (C=O) groups is 2. The number of hydrogen-bond donors (Lipinski definition) is 1. The molecule has 0 spiro atoms. The minimum atomic E-state index is -0.658. The molecule has 1 unspecified atom stereocenters. The van der Waals surface area contributed by atoms with Gasteiger partial charge in [0.05, 0.1) is 24.8 Å². The van der Waals surface area contributed by atoms with Crippen molar-refractivity contribution in [3.05, 3.63) is 65.2 Å². The smallest absolute Gasteiger partial charge is 0.295 e. The molecule has 1 aliphatic heterocycles. The van der Waals surface area contributed by atoms with E-state index in [-0.39, 0.29) is 11.3 Å². The molecule has 2 aromatic rings. The number of likely N-dealkylation sites (tertiary alicyclic amines) is 1. The summed E-state index contributed by atoms with van der Waals surface area (Å²) >= 11 is 0. The van der Waals surface area contributed by atoms with Crippen LogP contribution in [0.25, 0.3) is 5.76 Å². The number of ether oxygens (including phenoxy) is 2. The number of unbranched alkanes of at least 4 members (excludes halogenated alkanes) is 3. The van der Waals surface area contributed by atoms with Crippen molar-refractivity contribution >= 4 is 17.4 Å². The van der Waals surface area contributed by atoms with E-state index in [1.54, 1.807) is 29.2 Å². The third kappa shape index (κ3) is 6.44. The maximum absolute atomic E-state index is 13.1. The Morgan fingerprint density at radius 3 is 2.00 bits per heavy atom. The molecule has 6 heteroatoms. The van der Waals surface area contributed by atoms with E-state index in [1.165, 1.54) is 0 Å². The molecule has 0 radical (unpaired) electrons. The van der Waals surface area contributed by atoms with Gasteiger partial charge in [-0.25, -0.2) is 0 Å². The molecule has 1 atom stereocenters. The first-order valence-corrected chi connectivity index (χ1v) is 12.8. The lowest BCUT2D eigenvalue weighted by Gasteiger charge is -2.25. The van der Waals surface area contributed by atoms with Crippen molar-refractivity contribution in [3.63, 3.8) is 0 Å². The zero-order valence-corrected chi connectivity index (χ0v) is 21.1. The number of benzene rings is 2. The van der Waals surface area contributed by atoms with Crippen molar-refractivity contribution in [1.82, 2.24) is 4.90 Å². The number of aliphatic hydroxyl groups excluding tert-OH is 1. The van der Waals surface area contributed by atoms with E-state index >= 15 is 0 Å². The second-order valence-corrected chi connectivity index (χ2v) is 8.84. The predicted molar refractivity (Wildman–Crippen MR) is 138 cm³/mol. The van der Waals surface area contributed by atoms with E-state index in [1.807, 2.05) is 38.1 Å². The minimum Gasteiger partial charge on any atom is -0.507 e. The predicted octanol–water partition coefficient (Wildman–Crippen LogP) is 6.27. The van der Waals surface area contributed by atoms with Gasteiger partial charge in [-0.15, -0.1) is 0 Å². The molecule has 35 heavy (non-hydrogen) atoms. The molecule has 0 bridgehead atoms. The highest BCUT2D eigenvalue weighted by atomic mass is 16.5. The quantitative estimate of drug-likeness (QED) is 0.159. The number of nitrogens with zero attached hydrogens (tertiary/aromatic N) is 1. The van der Waals surface area contributed by atoms with Crippen LogP contribution in [0.4, 0.5) is 0 Å². The van der Waals surface area contributed by atoms with Crippen LogP contribution in [0.3, 0.4) is 0 Å². The molecule has 1 heterocycles. The zero-order valence-electron chi connectivity index (χ0n) is 21.1. The van der Waals surface area contributed by atoms with Crippen molar-refractivity contribution in [3.8, 4) is 11.5 Å². The van der Waals surface area contributed by atoms with Gasteiger partial charge in [0.25, 0.3) is 11.7 Å². The lowest BCUT2D eigenvalue weighted by Crippen LogP contribution is -2.30. The molecule has 1 N–H and O–H groups in total. The average Bonchev–Trinajstić information content (AvgIpc) is 3.14. The van der Waals surface area contributed by atoms with Crippen molar-refractivity contribution in [1.29, 1.82) is 0 Å². The molecule has 1 aliphatic rings. The maximum Gasteiger partial charge on any atom is 0.295 e. The summed E-state index contributed by atoms with van der Waals surface area (Å²) in [6, 6.07) is 13.8. The van der Waals surface area contributed by atoms with Gasteiger partial charge in [-0.1, -0.05) is 52.2 Å². The van der Waals surface area contributed by atoms with Gasteiger partial charge in [0.15, 0.2) is 0 Å². The standard InChI is InChI=1S/C29H37NO5/c1-4-7-9-20-35-24-16-12-22(13-17-24)27(31)25-26(30(18-8-5-2)29(33)28(25)32)21-10-14-23(15-11-21)34-19-6-3/h10-17,26,31H,4-9,18-20H2,1-3H3/b27-25+. The Morgan fingerprint density at radius 1 is 0.800 bits per heavy atom. The number of aliphatic hydroxyl groups is 1. The Labute approximate surface area is 208 Å². The second kappa shape index (κ2) is 13.0. The third-order valence-electron chi connectivity index (χ3n) is 6.11. The Morgan fingerprint density at radius 2 is 1.40 bits per heavy atom. The summed E-state index contributed by atoms with van der Waals surface area (Å²) < 4.78 is 11.4. The van der Waals surface area contributed by atoms with Crippen LogP contribution in [0.1, 0.15) is 76.5 Å². The molecule has 1 amide bonds. The van der Waals surface area contributed by atoms with E-state index in [4.69, 9.17) is 9.47 Å². The Hall–Kier alpha value is -3.28. The Kier molecular flexibility index (Phi) is 9.76. The van der Waals surface area contributed by atoms with Crippen LogP contribution >= 0.6 is 0 Å². The van der Waals surface area contributed by atoms with Crippen LogP contribution in [0.2, 0.25) is 0 Å². The van der Waals surface area contributed by atoms with Crippen LogP contribution in [-0.4, -0.2) is 41.5 Å². The first-order chi connectivity index (χ1) is 17.0. The first-order valence-electron chi connectivity index (χ1n) is 12.8. The first kappa shape index (κ1) is 26.3. The van der Waals surface area contributed by atoms with Gasteiger partial charge >= 0.3 is 0 Å². The second-order valence-electron chi connectivity index (χ2n) is 8.84.